The summed E-state index contributed by atoms with van der Waals surface area (Å²) in [6.45, 7) is 0. The molecule has 0 aromatic heterocycles. The van der Waals surface area contributed by atoms with Crippen molar-refractivity contribution in [1.29, 1.82) is 0 Å². The first-order valence-electron chi connectivity index (χ1n) is 10.0. The highest BCUT2D eigenvalue weighted by molar-refractivity contribution is 6.11. The lowest BCUT2D eigenvalue weighted by atomic mass is 9.72. The van der Waals surface area contributed by atoms with Crippen LogP contribution in [0.3, 0.4) is 0 Å². The van der Waals surface area contributed by atoms with Gasteiger partial charge in [-0.2, -0.15) is 0 Å². The Morgan fingerprint density at radius 3 is 2.60 bits per heavy atom. The van der Waals surface area contributed by atoms with Gasteiger partial charge in [-0.25, -0.2) is 9.98 Å². The summed E-state index contributed by atoms with van der Waals surface area (Å²) < 4.78 is 5.41. The summed E-state index contributed by atoms with van der Waals surface area (Å²) in [5.74, 6) is 0.376. The van der Waals surface area contributed by atoms with Crippen molar-refractivity contribution in [3.8, 4) is 0 Å². The third-order valence-corrected chi connectivity index (χ3v) is 5.97. The van der Waals surface area contributed by atoms with Crippen LogP contribution in [-0.2, 0) is 4.74 Å². The second-order valence-electron chi connectivity index (χ2n) is 7.70. The van der Waals surface area contributed by atoms with Crippen molar-refractivity contribution in [3.63, 3.8) is 0 Å². The molecule has 5 unspecified atom stereocenters. The number of nitrogens with zero attached hydrogens (tertiary/aromatic N) is 2. The van der Waals surface area contributed by atoms with Gasteiger partial charge < -0.3 is 14.9 Å². The molecule has 0 bridgehead atoms. The predicted octanol–water partition coefficient (Wildman–Crippen LogP) is 3.23. The van der Waals surface area contributed by atoms with Gasteiger partial charge in [0, 0.05) is 17.4 Å². The van der Waals surface area contributed by atoms with E-state index in [1.54, 1.807) is 18.2 Å². The van der Waals surface area contributed by atoms with Crippen LogP contribution in [0.2, 0.25) is 0 Å². The zero-order chi connectivity index (χ0) is 20.7. The van der Waals surface area contributed by atoms with Crippen LogP contribution < -0.4 is 5.32 Å². The predicted molar refractivity (Wildman–Crippen MR) is 117 cm³/mol. The van der Waals surface area contributed by atoms with Gasteiger partial charge in [-0.15, -0.1) is 0 Å². The van der Waals surface area contributed by atoms with Crippen LogP contribution in [0.5, 0.6) is 0 Å². The van der Waals surface area contributed by atoms with E-state index in [-0.39, 0.29) is 17.6 Å². The second-order valence-corrected chi connectivity index (χ2v) is 7.70. The van der Waals surface area contributed by atoms with Crippen molar-refractivity contribution in [2.75, 3.05) is 7.11 Å². The van der Waals surface area contributed by atoms with E-state index in [4.69, 9.17) is 9.73 Å². The number of fused-ring (bicyclic) bond motifs is 3. The summed E-state index contributed by atoms with van der Waals surface area (Å²) in [5.41, 5.74) is 3.46. The molecule has 6 nitrogen and oxygen atoms in total. The fourth-order valence-electron chi connectivity index (χ4n) is 4.50. The highest BCUT2D eigenvalue weighted by atomic mass is 16.5. The van der Waals surface area contributed by atoms with Crippen molar-refractivity contribution in [2.45, 2.75) is 18.2 Å². The number of hydrogen-bond donors (Lipinski definition) is 3. The van der Waals surface area contributed by atoms with Gasteiger partial charge in [0.25, 0.3) is 6.02 Å². The molecule has 30 heavy (non-hydrogen) atoms. The fourth-order valence-corrected chi connectivity index (χ4v) is 4.50. The van der Waals surface area contributed by atoms with Gasteiger partial charge in [0.2, 0.25) is 0 Å². The molecular formula is C24H23N3O3. The topological polar surface area (TPSA) is 86.4 Å². The van der Waals surface area contributed by atoms with Crippen LogP contribution >= 0.6 is 0 Å². The Morgan fingerprint density at radius 1 is 1.00 bits per heavy atom. The maximum absolute atomic E-state index is 10.4. The van der Waals surface area contributed by atoms with Crippen LogP contribution in [-0.4, -0.2) is 41.4 Å². The molecule has 0 radical (unpaired) electrons. The first-order chi connectivity index (χ1) is 14.7. The molecule has 0 amide bonds. The number of methoxy groups -OCH3 is 1. The van der Waals surface area contributed by atoms with E-state index in [0.717, 1.165) is 11.1 Å². The molecule has 0 spiro atoms. The number of hydrogen-bond acceptors (Lipinski definition) is 6. The Morgan fingerprint density at radius 2 is 1.80 bits per heavy atom. The number of benzene rings is 1. The Labute approximate surface area is 175 Å². The number of nitrogens with one attached hydrogen (secondary N) is 1. The summed E-state index contributed by atoms with van der Waals surface area (Å²) in [5, 5.41) is 24.0. The van der Waals surface area contributed by atoms with Crippen molar-refractivity contribution < 1.29 is 14.9 Å². The Kier molecular flexibility index (Phi) is 4.64. The van der Waals surface area contributed by atoms with Crippen LogP contribution in [0.15, 0.2) is 88.1 Å². The standard InChI is InChI=1S/C24H23N3O3/c1-30-24-26-22(25-23(27-24)21-19(28)11-6-12-20(21)29)18-13-14-7-2-3-8-15(14)16-9-4-5-10-17(16)18/h2-13,16-17,19,21,23,28-29H,1H3,(H,25,26,27). The van der Waals surface area contributed by atoms with E-state index >= 15 is 0 Å². The molecule has 5 atom stereocenters. The lowest BCUT2D eigenvalue weighted by Gasteiger charge is -2.35. The highest BCUT2D eigenvalue weighted by Gasteiger charge is 2.37. The van der Waals surface area contributed by atoms with Gasteiger partial charge in [0.15, 0.2) is 6.17 Å². The van der Waals surface area contributed by atoms with Crippen LogP contribution in [0.1, 0.15) is 17.0 Å². The smallest absolute Gasteiger partial charge is 0.292 e. The third-order valence-electron chi connectivity index (χ3n) is 5.97. The maximum atomic E-state index is 10.4. The van der Waals surface area contributed by atoms with Crippen molar-refractivity contribution >= 4 is 17.9 Å². The van der Waals surface area contributed by atoms with Gasteiger partial charge in [0.05, 0.1) is 19.1 Å². The molecule has 0 saturated carbocycles. The van der Waals surface area contributed by atoms with E-state index in [1.807, 2.05) is 6.07 Å². The fraction of sp³-hybridized carbons (Fsp3) is 0.250. The Balaban J connectivity index is 1.59. The molecule has 0 fully saturated rings. The number of aliphatic hydroxyl groups excluding tert-OH is 2. The zero-order valence-electron chi connectivity index (χ0n) is 16.5. The van der Waals surface area contributed by atoms with Crippen LogP contribution in [0.4, 0.5) is 0 Å². The van der Waals surface area contributed by atoms with Crippen molar-refractivity contribution in [1.82, 2.24) is 5.32 Å². The quantitative estimate of drug-likeness (QED) is 0.710. The third kappa shape index (κ3) is 3.09. The number of rotatable bonds is 2. The van der Waals surface area contributed by atoms with E-state index in [9.17, 15) is 10.2 Å². The Hall–Kier alpha value is -3.38. The van der Waals surface area contributed by atoms with Gasteiger partial charge >= 0.3 is 0 Å². The minimum atomic E-state index is -0.878. The second kappa shape index (κ2) is 7.46. The molecule has 5 rings (SSSR count). The van der Waals surface area contributed by atoms with E-state index in [0.29, 0.717) is 11.9 Å². The molecule has 1 aromatic carbocycles. The summed E-state index contributed by atoms with van der Waals surface area (Å²) in [4.78, 5) is 9.27. The lowest BCUT2D eigenvalue weighted by molar-refractivity contribution is 0.122. The molecular weight excluding hydrogens is 378 g/mol. The number of allylic oxidation sites excluding steroid dienone is 6. The number of amidine groups is 2. The summed E-state index contributed by atoms with van der Waals surface area (Å²) in [6.07, 6.45) is 13.9. The average Bonchev–Trinajstić information content (AvgIpc) is 2.78. The average molecular weight is 401 g/mol. The van der Waals surface area contributed by atoms with Crippen LogP contribution in [0.25, 0.3) is 6.08 Å². The molecule has 0 saturated heterocycles. The zero-order valence-corrected chi connectivity index (χ0v) is 16.5. The summed E-state index contributed by atoms with van der Waals surface area (Å²) in [6, 6.07) is 8.68. The minimum Gasteiger partial charge on any atom is -0.512 e. The Bertz CT molecular complexity index is 1080. The van der Waals surface area contributed by atoms with E-state index in [1.165, 1.54) is 12.7 Å². The van der Waals surface area contributed by atoms with Crippen molar-refractivity contribution in [2.24, 2.45) is 21.8 Å². The molecule has 1 aromatic rings. The maximum Gasteiger partial charge on any atom is 0.292 e. The molecule has 3 aliphatic carbocycles. The first-order valence-corrected chi connectivity index (χ1v) is 10.0. The molecule has 152 valence electrons. The molecule has 6 heteroatoms. The number of aliphatic hydroxyl groups is 2. The highest BCUT2D eigenvalue weighted by Crippen LogP contribution is 2.42. The van der Waals surface area contributed by atoms with E-state index < -0.39 is 18.2 Å². The largest absolute Gasteiger partial charge is 0.512 e. The van der Waals surface area contributed by atoms with E-state index in [2.05, 4.69) is 58.9 Å². The number of aliphatic imine (C=N–C) groups is 2. The SMILES string of the molecule is COC1=NC(C2C(O)=CC=CC2O)N=C(C2=Cc3ccccc3C3C=CC=CC23)N1. The molecule has 4 aliphatic rings. The first kappa shape index (κ1) is 18.6. The summed E-state index contributed by atoms with van der Waals surface area (Å²) in [7, 11) is 1.54. The van der Waals surface area contributed by atoms with Gasteiger partial charge in [-0.05, 0) is 23.3 Å². The van der Waals surface area contributed by atoms with Crippen molar-refractivity contribution in [3.05, 3.63) is 89.3 Å². The summed E-state index contributed by atoms with van der Waals surface area (Å²) >= 11 is 0. The van der Waals surface area contributed by atoms with Gasteiger partial charge in [0.1, 0.15) is 11.6 Å². The molecule has 1 heterocycles. The monoisotopic (exact) mass is 401 g/mol. The van der Waals surface area contributed by atoms with Crippen LogP contribution in [0, 0.1) is 11.8 Å². The number of ether oxygens (including phenoxy) is 1. The normalized spacial score (nSPS) is 31.5. The lowest BCUT2D eigenvalue weighted by Crippen LogP contribution is -2.44. The van der Waals surface area contributed by atoms with Gasteiger partial charge in [-0.3, -0.25) is 5.32 Å². The molecule has 3 N–H and O–H groups in total. The minimum absolute atomic E-state index is 0.0561. The van der Waals surface area contributed by atoms with Gasteiger partial charge in [-0.1, -0.05) is 60.7 Å². The molecule has 1 aliphatic heterocycles.